The molecule has 6 nitrogen and oxygen atoms in total. The molecule has 0 saturated heterocycles. The monoisotopic (exact) mass is 459 g/mol. The van der Waals surface area contributed by atoms with Crippen molar-refractivity contribution in [2.75, 3.05) is 17.7 Å². The zero-order chi connectivity index (χ0) is 16.6. The Hall–Kier alpha value is -1.58. The number of guanidine groups is 1. The highest BCUT2D eigenvalue weighted by atomic mass is 79.9. The standard InChI is InChI=1S/C14H11Br2N3O3S/c1-22-11-6-8(15)7-12-13(11)18-14(19-23(12,20)21)17-10-5-3-2-4-9(10)16/h2-7H,1H3,(H2,17,18,19). The van der Waals surface area contributed by atoms with Gasteiger partial charge in [-0.05, 0) is 40.2 Å². The van der Waals surface area contributed by atoms with Gasteiger partial charge in [0.05, 0.1) is 12.8 Å². The summed E-state index contributed by atoms with van der Waals surface area (Å²) < 4.78 is 35.3. The number of fused-ring (bicyclic) bond motifs is 1. The normalized spacial score (nSPS) is 15.2. The third-order valence-corrected chi connectivity index (χ3v) is 5.56. The summed E-state index contributed by atoms with van der Waals surface area (Å²) >= 11 is 6.67. The summed E-state index contributed by atoms with van der Waals surface area (Å²) in [6, 6.07) is 10.5. The first-order valence-electron chi connectivity index (χ1n) is 6.42. The molecule has 0 amide bonds. The molecule has 0 aromatic heterocycles. The number of anilines is 2. The minimum Gasteiger partial charge on any atom is -0.494 e. The smallest absolute Gasteiger partial charge is 0.287 e. The third kappa shape index (κ3) is 3.22. The van der Waals surface area contributed by atoms with Crippen LogP contribution in [0.1, 0.15) is 0 Å². The number of para-hydroxylation sites is 1. The molecule has 2 aromatic carbocycles. The summed E-state index contributed by atoms with van der Waals surface area (Å²) in [5.74, 6) is 0.504. The lowest BCUT2D eigenvalue weighted by atomic mass is 10.3. The van der Waals surface area contributed by atoms with E-state index >= 15 is 0 Å². The number of rotatable bonds is 2. The molecule has 23 heavy (non-hydrogen) atoms. The second-order valence-corrected chi connectivity index (χ2v) is 7.97. The summed E-state index contributed by atoms with van der Waals surface area (Å²) in [5, 5.41) is 5.93. The Kier molecular flexibility index (Phi) is 4.35. The van der Waals surface area contributed by atoms with Crippen molar-refractivity contribution in [3.63, 3.8) is 0 Å². The summed E-state index contributed by atoms with van der Waals surface area (Å²) in [4.78, 5) is 0.0569. The number of hydrogen-bond acceptors (Lipinski definition) is 5. The first kappa shape index (κ1) is 16.3. The van der Waals surface area contributed by atoms with Crippen molar-refractivity contribution >= 4 is 59.2 Å². The van der Waals surface area contributed by atoms with Gasteiger partial charge in [0, 0.05) is 8.95 Å². The van der Waals surface area contributed by atoms with Crippen molar-refractivity contribution in [1.29, 1.82) is 0 Å². The zero-order valence-corrected chi connectivity index (χ0v) is 15.8. The van der Waals surface area contributed by atoms with Gasteiger partial charge in [0.15, 0.2) is 0 Å². The van der Waals surface area contributed by atoms with Gasteiger partial charge >= 0.3 is 0 Å². The van der Waals surface area contributed by atoms with Gasteiger partial charge in [0.2, 0.25) is 5.96 Å². The van der Waals surface area contributed by atoms with Crippen molar-refractivity contribution in [1.82, 2.24) is 0 Å². The molecule has 0 spiro atoms. The fraction of sp³-hybridized carbons (Fsp3) is 0.0714. The van der Waals surface area contributed by atoms with E-state index in [-0.39, 0.29) is 10.9 Å². The lowest BCUT2D eigenvalue weighted by Crippen LogP contribution is -2.28. The van der Waals surface area contributed by atoms with Crippen LogP contribution in [0.2, 0.25) is 0 Å². The maximum atomic E-state index is 12.4. The van der Waals surface area contributed by atoms with E-state index in [1.807, 2.05) is 18.2 Å². The molecule has 0 bridgehead atoms. The predicted octanol–water partition coefficient (Wildman–Crippen LogP) is 3.80. The molecule has 2 aromatic rings. The molecule has 0 radical (unpaired) electrons. The summed E-state index contributed by atoms with van der Waals surface area (Å²) in [5.41, 5.74) is 1.04. The van der Waals surface area contributed by atoms with Crippen LogP contribution in [-0.2, 0) is 10.0 Å². The van der Waals surface area contributed by atoms with Crippen LogP contribution in [0, 0.1) is 0 Å². The van der Waals surface area contributed by atoms with E-state index in [2.05, 4.69) is 46.9 Å². The number of benzene rings is 2. The van der Waals surface area contributed by atoms with Gasteiger partial charge in [-0.2, -0.15) is 8.42 Å². The van der Waals surface area contributed by atoms with Gasteiger partial charge in [-0.1, -0.05) is 28.1 Å². The number of nitrogens with one attached hydrogen (secondary N) is 2. The fourth-order valence-electron chi connectivity index (χ4n) is 2.10. The highest BCUT2D eigenvalue weighted by Gasteiger charge is 2.28. The van der Waals surface area contributed by atoms with Crippen molar-refractivity contribution < 1.29 is 13.2 Å². The van der Waals surface area contributed by atoms with Crippen molar-refractivity contribution in [3.8, 4) is 5.75 Å². The fourth-order valence-corrected chi connectivity index (χ4v) is 4.19. The van der Waals surface area contributed by atoms with Gasteiger partial charge in [-0.25, -0.2) is 0 Å². The van der Waals surface area contributed by atoms with Crippen LogP contribution >= 0.6 is 31.9 Å². The van der Waals surface area contributed by atoms with Crippen LogP contribution in [0.5, 0.6) is 5.75 Å². The van der Waals surface area contributed by atoms with Crippen LogP contribution < -0.4 is 15.4 Å². The molecule has 0 atom stereocenters. The van der Waals surface area contributed by atoms with Gasteiger partial charge in [0.25, 0.3) is 10.0 Å². The average molecular weight is 461 g/mol. The Bertz CT molecular complexity index is 913. The molecule has 1 aliphatic rings. The van der Waals surface area contributed by atoms with E-state index in [1.54, 1.807) is 12.1 Å². The van der Waals surface area contributed by atoms with E-state index in [1.165, 1.54) is 13.2 Å². The Morgan fingerprint density at radius 3 is 2.65 bits per heavy atom. The number of ether oxygens (including phenoxy) is 1. The van der Waals surface area contributed by atoms with E-state index in [4.69, 9.17) is 4.74 Å². The average Bonchev–Trinajstić information content (AvgIpc) is 2.49. The van der Waals surface area contributed by atoms with Crippen LogP contribution in [0.25, 0.3) is 0 Å². The van der Waals surface area contributed by atoms with E-state index in [9.17, 15) is 8.42 Å². The Balaban J connectivity index is 2.05. The van der Waals surface area contributed by atoms with Gasteiger partial charge < -0.3 is 15.4 Å². The van der Waals surface area contributed by atoms with Gasteiger partial charge in [-0.3, -0.25) is 0 Å². The topological polar surface area (TPSA) is 79.8 Å². The summed E-state index contributed by atoms with van der Waals surface area (Å²) in [6.45, 7) is 0. The van der Waals surface area contributed by atoms with Crippen molar-refractivity contribution in [2.24, 2.45) is 4.40 Å². The largest absolute Gasteiger partial charge is 0.494 e. The van der Waals surface area contributed by atoms with Gasteiger partial charge in [0.1, 0.15) is 16.3 Å². The van der Waals surface area contributed by atoms with Crippen molar-refractivity contribution in [2.45, 2.75) is 4.90 Å². The summed E-state index contributed by atoms with van der Waals surface area (Å²) in [7, 11) is -2.37. The Morgan fingerprint density at radius 2 is 1.96 bits per heavy atom. The minimum atomic E-state index is -3.84. The first-order chi connectivity index (χ1) is 10.9. The highest BCUT2D eigenvalue weighted by Crippen LogP contribution is 2.38. The molecule has 0 unspecified atom stereocenters. The number of nitrogens with zero attached hydrogens (tertiary/aromatic N) is 1. The molecule has 120 valence electrons. The lowest BCUT2D eigenvalue weighted by Gasteiger charge is -2.21. The highest BCUT2D eigenvalue weighted by molar-refractivity contribution is 9.10. The number of hydrogen-bond donors (Lipinski definition) is 2. The molecule has 1 heterocycles. The zero-order valence-electron chi connectivity index (χ0n) is 11.8. The number of halogens is 2. The Labute approximate surface area is 150 Å². The minimum absolute atomic E-state index is 0.0569. The lowest BCUT2D eigenvalue weighted by molar-refractivity contribution is 0.415. The number of methoxy groups -OCH3 is 1. The van der Waals surface area contributed by atoms with E-state index in [0.717, 1.165) is 4.47 Å². The molecular formula is C14H11Br2N3O3S. The first-order valence-corrected chi connectivity index (χ1v) is 9.44. The van der Waals surface area contributed by atoms with E-state index in [0.29, 0.717) is 21.6 Å². The molecule has 0 saturated carbocycles. The molecule has 9 heteroatoms. The Morgan fingerprint density at radius 1 is 1.22 bits per heavy atom. The quantitative estimate of drug-likeness (QED) is 0.712. The predicted molar refractivity (Wildman–Crippen MR) is 96.7 cm³/mol. The SMILES string of the molecule is COc1cc(Br)cc2c1NC(Nc1ccccc1Br)=NS2(=O)=O. The molecule has 1 aliphatic heterocycles. The molecule has 0 aliphatic carbocycles. The van der Waals surface area contributed by atoms with Crippen LogP contribution in [-0.4, -0.2) is 21.5 Å². The number of sulfonamides is 1. The second-order valence-electron chi connectivity index (χ2n) is 4.63. The molecule has 3 rings (SSSR count). The maximum absolute atomic E-state index is 12.4. The molecular weight excluding hydrogens is 450 g/mol. The van der Waals surface area contributed by atoms with Crippen LogP contribution in [0.15, 0.2) is 54.6 Å². The third-order valence-electron chi connectivity index (χ3n) is 3.11. The maximum Gasteiger partial charge on any atom is 0.287 e. The van der Waals surface area contributed by atoms with Gasteiger partial charge in [-0.15, -0.1) is 4.40 Å². The summed E-state index contributed by atoms with van der Waals surface area (Å²) in [6.07, 6.45) is 0. The molecule has 0 fully saturated rings. The van der Waals surface area contributed by atoms with E-state index < -0.39 is 10.0 Å². The molecule has 2 N–H and O–H groups in total. The van der Waals surface area contributed by atoms with Crippen LogP contribution in [0.4, 0.5) is 11.4 Å². The van der Waals surface area contributed by atoms with Crippen LogP contribution in [0.3, 0.4) is 0 Å². The second kappa shape index (κ2) is 6.14. The van der Waals surface area contributed by atoms with Crippen molar-refractivity contribution in [3.05, 3.63) is 45.3 Å².